The van der Waals surface area contributed by atoms with Gasteiger partial charge in [0.1, 0.15) is 0 Å². The molecule has 7 heteroatoms. The normalized spacial score (nSPS) is 22.5. The van der Waals surface area contributed by atoms with Gasteiger partial charge >= 0.3 is 0 Å². The second kappa shape index (κ2) is 7.97. The van der Waals surface area contributed by atoms with Gasteiger partial charge in [-0.1, -0.05) is 27.5 Å². The van der Waals surface area contributed by atoms with Gasteiger partial charge < -0.3 is 10.2 Å². The van der Waals surface area contributed by atoms with Crippen molar-refractivity contribution >= 4 is 45.8 Å². The maximum Gasteiger partial charge on any atom is 0.255 e. The highest BCUT2D eigenvalue weighted by Gasteiger charge is 2.31. The summed E-state index contributed by atoms with van der Waals surface area (Å²) in [6, 6.07) is 5.93. The van der Waals surface area contributed by atoms with Crippen LogP contribution in [0.25, 0.3) is 0 Å². The zero-order chi connectivity index (χ0) is 14.8. The van der Waals surface area contributed by atoms with Crippen LogP contribution < -0.4 is 5.32 Å². The van der Waals surface area contributed by atoms with E-state index >= 15 is 0 Å². The Bertz CT molecular complexity index is 538. The molecule has 1 N–H and O–H groups in total. The summed E-state index contributed by atoms with van der Waals surface area (Å²) in [4.78, 5) is 17.0. The number of piperazine rings is 1. The lowest BCUT2D eigenvalue weighted by atomic mass is 10.2. The SMILES string of the molecule is Cl.O=C(c1ccc(Br)cc1Cl)N1CCC(N2CCNCC2)C1. The molecular formula is C15H20BrCl2N3O. The van der Waals surface area contributed by atoms with Crippen LogP contribution in [0.15, 0.2) is 22.7 Å². The lowest BCUT2D eigenvalue weighted by Gasteiger charge is -2.32. The molecule has 1 aromatic rings. The fraction of sp³-hybridized carbons (Fsp3) is 0.533. The van der Waals surface area contributed by atoms with Crippen molar-refractivity contribution < 1.29 is 4.79 Å². The number of rotatable bonds is 2. The average Bonchev–Trinajstić information content (AvgIpc) is 2.97. The molecule has 22 heavy (non-hydrogen) atoms. The van der Waals surface area contributed by atoms with Crippen molar-refractivity contribution in [2.75, 3.05) is 39.3 Å². The Kier molecular flexibility index (Phi) is 6.53. The van der Waals surface area contributed by atoms with E-state index in [1.165, 1.54) is 0 Å². The molecule has 1 amide bonds. The van der Waals surface area contributed by atoms with E-state index < -0.39 is 0 Å². The number of hydrogen-bond acceptors (Lipinski definition) is 3. The largest absolute Gasteiger partial charge is 0.337 e. The average molecular weight is 409 g/mol. The third-order valence-electron chi connectivity index (χ3n) is 4.28. The van der Waals surface area contributed by atoms with Crippen molar-refractivity contribution in [1.82, 2.24) is 15.1 Å². The van der Waals surface area contributed by atoms with Crippen molar-refractivity contribution in [3.8, 4) is 0 Å². The van der Waals surface area contributed by atoms with Crippen LogP contribution in [0.1, 0.15) is 16.8 Å². The van der Waals surface area contributed by atoms with Crippen LogP contribution >= 0.6 is 39.9 Å². The summed E-state index contributed by atoms with van der Waals surface area (Å²) in [6.45, 7) is 5.87. The van der Waals surface area contributed by atoms with Crippen molar-refractivity contribution in [2.24, 2.45) is 0 Å². The van der Waals surface area contributed by atoms with Gasteiger partial charge in [-0.05, 0) is 24.6 Å². The Labute approximate surface area is 150 Å². The molecule has 0 saturated carbocycles. The van der Waals surface area contributed by atoms with Crippen molar-refractivity contribution in [1.29, 1.82) is 0 Å². The number of halogens is 3. The van der Waals surface area contributed by atoms with Gasteiger partial charge in [0.15, 0.2) is 0 Å². The van der Waals surface area contributed by atoms with Gasteiger partial charge in [0.05, 0.1) is 10.6 Å². The molecule has 0 aliphatic carbocycles. The van der Waals surface area contributed by atoms with E-state index in [2.05, 4.69) is 26.1 Å². The maximum absolute atomic E-state index is 12.6. The first-order valence-electron chi connectivity index (χ1n) is 7.34. The van der Waals surface area contributed by atoms with Gasteiger partial charge in [-0.2, -0.15) is 0 Å². The van der Waals surface area contributed by atoms with Crippen LogP contribution in [0.2, 0.25) is 5.02 Å². The molecule has 0 bridgehead atoms. The first-order valence-corrected chi connectivity index (χ1v) is 8.51. The predicted octanol–water partition coefficient (Wildman–Crippen LogP) is 2.64. The number of likely N-dealkylation sites (tertiary alicyclic amines) is 1. The highest BCUT2D eigenvalue weighted by atomic mass is 79.9. The number of benzene rings is 1. The van der Waals surface area contributed by atoms with Gasteiger partial charge in [-0.15, -0.1) is 12.4 Å². The summed E-state index contributed by atoms with van der Waals surface area (Å²) in [5.41, 5.74) is 0.598. The van der Waals surface area contributed by atoms with E-state index in [1.807, 2.05) is 11.0 Å². The van der Waals surface area contributed by atoms with Gasteiger partial charge in [-0.25, -0.2) is 0 Å². The molecule has 2 saturated heterocycles. The Morgan fingerprint density at radius 3 is 2.68 bits per heavy atom. The predicted molar refractivity (Wildman–Crippen MR) is 95.2 cm³/mol. The van der Waals surface area contributed by atoms with Crippen LogP contribution in [-0.2, 0) is 0 Å². The highest BCUT2D eigenvalue weighted by Crippen LogP contribution is 2.25. The lowest BCUT2D eigenvalue weighted by molar-refractivity contribution is 0.0773. The van der Waals surface area contributed by atoms with Crippen LogP contribution in [0, 0.1) is 0 Å². The Balaban J connectivity index is 0.00000176. The number of carbonyl (C=O) groups is 1. The number of nitrogens with zero attached hydrogens (tertiary/aromatic N) is 2. The number of hydrogen-bond donors (Lipinski definition) is 1. The van der Waals surface area contributed by atoms with Gasteiger partial charge in [0.2, 0.25) is 0 Å². The lowest BCUT2D eigenvalue weighted by Crippen LogP contribution is -2.49. The van der Waals surface area contributed by atoms with Crippen LogP contribution in [0.5, 0.6) is 0 Å². The highest BCUT2D eigenvalue weighted by molar-refractivity contribution is 9.10. The fourth-order valence-corrected chi connectivity index (χ4v) is 3.86. The van der Waals surface area contributed by atoms with Crippen LogP contribution in [0.3, 0.4) is 0 Å². The second-order valence-electron chi connectivity index (χ2n) is 5.60. The number of nitrogens with one attached hydrogen (secondary N) is 1. The minimum Gasteiger partial charge on any atom is -0.337 e. The summed E-state index contributed by atoms with van der Waals surface area (Å²) < 4.78 is 0.893. The monoisotopic (exact) mass is 407 g/mol. The molecule has 2 aliphatic rings. The quantitative estimate of drug-likeness (QED) is 0.816. The van der Waals surface area contributed by atoms with Crippen molar-refractivity contribution in [3.05, 3.63) is 33.3 Å². The molecule has 1 atom stereocenters. The van der Waals surface area contributed by atoms with Crippen molar-refractivity contribution in [3.63, 3.8) is 0 Å². The van der Waals surface area contributed by atoms with E-state index in [0.717, 1.165) is 50.2 Å². The second-order valence-corrected chi connectivity index (χ2v) is 6.93. The third-order valence-corrected chi connectivity index (χ3v) is 5.09. The maximum atomic E-state index is 12.6. The summed E-state index contributed by atoms with van der Waals surface area (Å²) in [7, 11) is 0. The Morgan fingerprint density at radius 1 is 1.27 bits per heavy atom. The van der Waals surface area contributed by atoms with Crippen LogP contribution in [0.4, 0.5) is 0 Å². The topological polar surface area (TPSA) is 35.6 Å². The Hall–Kier alpha value is -0.330. The summed E-state index contributed by atoms with van der Waals surface area (Å²) >= 11 is 9.56. The molecule has 0 aromatic heterocycles. The number of amides is 1. The minimum absolute atomic E-state index is 0. The zero-order valence-corrected chi connectivity index (χ0v) is 15.4. The van der Waals surface area contributed by atoms with E-state index in [0.29, 0.717) is 16.6 Å². The van der Waals surface area contributed by atoms with E-state index in [9.17, 15) is 4.79 Å². The number of carbonyl (C=O) groups excluding carboxylic acids is 1. The molecule has 2 aliphatic heterocycles. The molecule has 122 valence electrons. The van der Waals surface area contributed by atoms with E-state index in [1.54, 1.807) is 12.1 Å². The van der Waals surface area contributed by atoms with Gasteiger partial charge in [-0.3, -0.25) is 9.69 Å². The molecule has 2 heterocycles. The molecule has 1 aromatic carbocycles. The molecular weight excluding hydrogens is 389 g/mol. The first kappa shape index (κ1) is 18.0. The van der Waals surface area contributed by atoms with Crippen molar-refractivity contribution in [2.45, 2.75) is 12.5 Å². The molecule has 3 rings (SSSR count). The fourth-order valence-electron chi connectivity index (χ4n) is 3.10. The molecule has 0 spiro atoms. The molecule has 0 radical (unpaired) electrons. The molecule has 2 fully saturated rings. The zero-order valence-electron chi connectivity index (χ0n) is 12.2. The summed E-state index contributed by atoms with van der Waals surface area (Å²) in [6.07, 6.45) is 1.06. The van der Waals surface area contributed by atoms with Gasteiger partial charge in [0.25, 0.3) is 5.91 Å². The summed E-state index contributed by atoms with van der Waals surface area (Å²) in [5.74, 6) is 0.0464. The van der Waals surface area contributed by atoms with E-state index in [4.69, 9.17) is 11.6 Å². The molecule has 1 unspecified atom stereocenters. The Morgan fingerprint density at radius 2 is 2.00 bits per heavy atom. The van der Waals surface area contributed by atoms with Gasteiger partial charge in [0, 0.05) is 49.8 Å². The van der Waals surface area contributed by atoms with Crippen LogP contribution in [-0.4, -0.2) is 61.0 Å². The minimum atomic E-state index is 0. The molecule has 4 nitrogen and oxygen atoms in total. The smallest absolute Gasteiger partial charge is 0.255 e. The summed E-state index contributed by atoms with van der Waals surface area (Å²) in [5, 5.41) is 3.88. The van der Waals surface area contributed by atoms with E-state index in [-0.39, 0.29) is 18.3 Å². The first-order chi connectivity index (χ1) is 10.1. The third kappa shape index (κ3) is 3.95. The standard InChI is InChI=1S/C15H19BrClN3O.ClH/c16-11-1-2-13(14(17)9-11)15(21)20-6-3-12(10-20)19-7-4-18-5-8-19;/h1-2,9,12,18H,3-8,10H2;1H.